The summed E-state index contributed by atoms with van der Waals surface area (Å²) in [6, 6.07) is 5.67. The van der Waals surface area contributed by atoms with Gasteiger partial charge >= 0.3 is 18.0 Å². The molecule has 1 saturated carbocycles. The van der Waals surface area contributed by atoms with E-state index in [4.69, 9.17) is 14.6 Å². The molecule has 1 aliphatic carbocycles. The SMILES string of the molecule is CC(OC(=O)NC1(C(=O)O)COC2C(C(=O)O)C21)c1ccccc1[N+](=O)[O-]. The monoisotopic (exact) mass is 380 g/mol. The number of nitrogens with one attached hydrogen (secondary N) is 1. The number of carbonyl (C=O) groups excluding carboxylic acids is 1. The second-order valence-electron chi connectivity index (χ2n) is 6.43. The van der Waals surface area contributed by atoms with Crippen molar-refractivity contribution in [1.82, 2.24) is 5.32 Å². The fourth-order valence-electron chi connectivity index (χ4n) is 3.51. The minimum Gasteiger partial charge on any atom is -0.481 e. The van der Waals surface area contributed by atoms with Crippen molar-refractivity contribution < 1.29 is 39.0 Å². The van der Waals surface area contributed by atoms with Crippen molar-refractivity contribution in [2.45, 2.75) is 24.7 Å². The second kappa shape index (κ2) is 6.50. The van der Waals surface area contributed by atoms with Gasteiger partial charge in [-0.25, -0.2) is 9.59 Å². The number of alkyl carbamates (subject to hydrolysis) is 1. The molecule has 1 saturated heterocycles. The molecule has 27 heavy (non-hydrogen) atoms. The number of aliphatic carboxylic acids is 2. The van der Waals surface area contributed by atoms with E-state index in [2.05, 4.69) is 5.32 Å². The van der Waals surface area contributed by atoms with Crippen molar-refractivity contribution in [1.29, 1.82) is 0 Å². The lowest BCUT2D eigenvalue weighted by Gasteiger charge is -2.27. The van der Waals surface area contributed by atoms with E-state index >= 15 is 0 Å². The molecule has 5 unspecified atom stereocenters. The molecule has 144 valence electrons. The van der Waals surface area contributed by atoms with Gasteiger partial charge in [-0.3, -0.25) is 14.9 Å². The van der Waals surface area contributed by atoms with Gasteiger partial charge in [-0.15, -0.1) is 0 Å². The smallest absolute Gasteiger partial charge is 0.408 e. The van der Waals surface area contributed by atoms with Gasteiger partial charge in [0.15, 0.2) is 5.54 Å². The fourth-order valence-corrected chi connectivity index (χ4v) is 3.51. The first-order valence-electron chi connectivity index (χ1n) is 7.99. The number of nitro groups is 1. The number of benzene rings is 1. The van der Waals surface area contributed by atoms with Gasteiger partial charge in [0.25, 0.3) is 5.69 Å². The summed E-state index contributed by atoms with van der Waals surface area (Å²) < 4.78 is 10.3. The van der Waals surface area contributed by atoms with Crippen LogP contribution in [0, 0.1) is 22.0 Å². The quantitative estimate of drug-likeness (QED) is 0.481. The lowest BCUT2D eigenvalue weighted by Crippen LogP contribution is -2.58. The van der Waals surface area contributed by atoms with Gasteiger partial charge in [0.05, 0.1) is 29.1 Å². The van der Waals surface area contributed by atoms with Crippen LogP contribution in [-0.2, 0) is 19.1 Å². The van der Waals surface area contributed by atoms with Gasteiger partial charge in [-0.05, 0) is 13.0 Å². The minimum absolute atomic E-state index is 0.136. The number of amides is 1. The van der Waals surface area contributed by atoms with Gasteiger partial charge in [0.2, 0.25) is 0 Å². The van der Waals surface area contributed by atoms with E-state index in [1.165, 1.54) is 31.2 Å². The molecule has 3 N–H and O–H groups in total. The van der Waals surface area contributed by atoms with Gasteiger partial charge in [0.1, 0.15) is 6.10 Å². The van der Waals surface area contributed by atoms with E-state index < -0.39 is 59.1 Å². The van der Waals surface area contributed by atoms with Crippen LogP contribution in [0.15, 0.2) is 24.3 Å². The Kier molecular flexibility index (Phi) is 4.47. The van der Waals surface area contributed by atoms with Crippen LogP contribution in [0.3, 0.4) is 0 Å². The molecule has 2 fully saturated rings. The molecule has 0 bridgehead atoms. The number of nitrogens with zero attached hydrogens (tertiary/aromatic N) is 1. The van der Waals surface area contributed by atoms with E-state index in [9.17, 15) is 29.6 Å². The van der Waals surface area contributed by atoms with E-state index in [0.29, 0.717) is 0 Å². The Morgan fingerprint density at radius 3 is 2.59 bits per heavy atom. The Hall–Kier alpha value is -3.21. The van der Waals surface area contributed by atoms with Crippen LogP contribution in [-0.4, -0.2) is 51.4 Å². The van der Waals surface area contributed by atoms with E-state index in [-0.39, 0.29) is 11.3 Å². The van der Waals surface area contributed by atoms with Crippen molar-refractivity contribution in [2.75, 3.05) is 6.61 Å². The summed E-state index contributed by atoms with van der Waals surface area (Å²) in [5, 5.41) is 31.9. The summed E-state index contributed by atoms with van der Waals surface area (Å²) in [6.07, 6.45) is -2.96. The third-order valence-corrected chi connectivity index (χ3v) is 4.87. The molecule has 1 aliphatic heterocycles. The third-order valence-electron chi connectivity index (χ3n) is 4.87. The zero-order valence-corrected chi connectivity index (χ0v) is 14.0. The summed E-state index contributed by atoms with van der Waals surface area (Å²) in [4.78, 5) is 45.6. The van der Waals surface area contributed by atoms with Gasteiger partial charge in [-0.2, -0.15) is 0 Å². The molecule has 2 aliphatic rings. The summed E-state index contributed by atoms with van der Waals surface area (Å²) in [5.41, 5.74) is -2.03. The number of carboxylic acids is 2. The molecule has 1 aromatic carbocycles. The highest BCUT2D eigenvalue weighted by Gasteiger charge is 2.74. The number of rotatable bonds is 6. The van der Waals surface area contributed by atoms with Crippen LogP contribution < -0.4 is 5.32 Å². The van der Waals surface area contributed by atoms with Crippen molar-refractivity contribution in [2.24, 2.45) is 11.8 Å². The number of carbonyl (C=O) groups is 3. The lowest BCUT2D eigenvalue weighted by atomic mass is 9.93. The highest BCUT2D eigenvalue weighted by molar-refractivity contribution is 5.89. The van der Waals surface area contributed by atoms with Gasteiger partial charge < -0.3 is 25.0 Å². The Balaban J connectivity index is 1.74. The minimum atomic E-state index is -1.92. The second-order valence-corrected chi connectivity index (χ2v) is 6.43. The van der Waals surface area contributed by atoms with Crippen molar-refractivity contribution in [3.05, 3.63) is 39.9 Å². The predicted octanol–water partition coefficient (Wildman–Crippen LogP) is 0.935. The maximum atomic E-state index is 12.2. The van der Waals surface area contributed by atoms with Crippen LogP contribution >= 0.6 is 0 Å². The number of hydrogen-bond acceptors (Lipinski definition) is 7. The highest BCUT2D eigenvalue weighted by Crippen LogP contribution is 2.54. The molecule has 11 heteroatoms. The Morgan fingerprint density at radius 2 is 2.04 bits per heavy atom. The lowest BCUT2D eigenvalue weighted by molar-refractivity contribution is -0.386. The van der Waals surface area contributed by atoms with E-state index in [1.807, 2.05) is 0 Å². The van der Waals surface area contributed by atoms with Crippen molar-refractivity contribution in [3.63, 3.8) is 0 Å². The average Bonchev–Trinajstić information content (AvgIpc) is 3.23. The number of fused-ring (bicyclic) bond motifs is 1. The van der Waals surface area contributed by atoms with Gasteiger partial charge in [-0.1, -0.05) is 12.1 Å². The molecule has 1 amide bonds. The number of nitro benzene ring substituents is 1. The average molecular weight is 380 g/mol. The van der Waals surface area contributed by atoms with E-state index in [0.717, 1.165) is 0 Å². The standard InChI is InChI=1S/C16H16N2O9/c1-7(8-4-2-3-5-9(8)18(24)25)27-15(23)17-16(14(21)22)6-26-12-10(11(12)16)13(19)20/h2-5,7,10-12H,6H2,1H3,(H,17,23)(H,19,20)(H,21,22). The Bertz CT molecular complexity index is 826. The molecule has 0 aromatic heterocycles. The molecular weight excluding hydrogens is 364 g/mol. The molecule has 0 spiro atoms. The zero-order valence-electron chi connectivity index (χ0n) is 14.0. The third kappa shape index (κ3) is 3.05. The molecule has 3 rings (SSSR count). The molecule has 1 heterocycles. The first-order valence-corrected chi connectivity index (χ1v) is 7.99. The van der Waals surface area contributed by atoms with Crippen molar-refractivity contribution in [3.8, 4) is 0 Å². The fraction of sp³-hybridized carbons (Fsp3) is 0.438. The maximum absolute atomic E-state index is 12.2. The highest BCUT2D eigenvalue weighted by atomic mass is 16.6. The first-order chi connectivity index (χ1) is 12.7. The van der Waals surface area contributed by atoms with Crippen LogP contribution in [0.2, 0.25) is 0 Å². The Morgan fingerprint density at radius 1 is 1.37 bits per heavy atom. The summed E-state index contributed by atoms with van der Waals surface area (Å²) in [6.45, 7) is 1.01. The number of para-hydroxylation sites is 1. The largest absolute Gasteiger partial charge is 0.481 e. The first kappa shape index (κ1) is 18.6. The molecule has 0 radical (unpaired) electrons. The van der Waals surface area contributed by atoms with Crippen LogP contribution in [0.4, 0.5) is 10.5 Å². The number of ether oxygens (including phenoxy) is 2. The molecule has 5 atom stereocenters. The van der Waals surface area contributed by atoms with Crippen LogP contribution in [0.25, 0.3) is 0 Å². The van der Waals surface area contributed by atoms with Crippen LogP contribution in [0.5, 0.6) is 0 Å². The summed E-state index contributed by atoms with van der Waals surface area (Å²) in [7, 11) is 0. The molecular formula is C16H16N2O9. The van der Waals surface area contributed by atoms with Crippen LogP contribution in [0.1, 0.15) is 18.6 Å². The molecule has 11 nitrogen and oxygen atoms in total. The van der Waals surface area contributed by atoms with E-state index in [1.54, 1.807) is 0 Å². The molecule has 1 aromatic rings. The maximum Gasteiger partial charge on any atom is 0.408 e. The zero-order chi connectivity index (χ0) is 19.9. The Labute approximate surface area is 152 Å². The topological polar surface area (TPSA) is 165 Å². The number of hydrogen-bond donors (Lipinski definition) is 3. The predicted molar refractivity (Wildman–Crippen MR) is 85.9 cm³/mol. The summed E-state index contributed by atoms with van der Waals surface area (Å²) in [5.74, 6) is -4.59. The normalized spacial score (nSPS) is 29.3. The number of carboxylic acid groups (broad SMARTS) is 2. The summed E-state index contributed by atoms with van der Waals surface area (Å²) >= 11 is 0. The van der Waals surface area contributed by atoms with Crippen molar-refractivity contribution >= 4 is 23.7 Å². The van der Waals surface area contributed by atoms with Gasteiger partial charge in [0, 0.05) is 12.0 Å².